The van der Waals surface area contributed by atoms with Crippen molar-refractivity contribution in [2.24, 2.45) is 0 Å². The Labute approximate surface area is 174 Å². The summed E-state index contributed by atoms with van der Waals surface area (Å²) >= 11 is 1.34. The molecule has 154 valence electrons. The number of carboxylic acids is 1. The number of carbonyl (C=O) groups is 1. The van der Waals surface area contributed by atoms with Gasteiger partial charge in [-0.1, -0.05) is 0 Å². The molecular weight excluding hydrogens is 426 g/mol. The molecule has 3 heterocycles. The van der Waals surface area contributed by atoms with Gasteiger partial charge in [-0.05, 0) is 6.07 Å². The Kier molecular flexibility index (Phi) is 6.15. The Morgan fingerprint density at radius 3 is 2.66 bits per heavy atom. The first kappa shape index (κ1) is 21.2. The number of thiazole rings is 1. The lowest BCUT2D eigenvalue weighted by Gasteiger charge is -2.30. The number of nitrogens with zero attached hydrogens (tertiary/aromatic N) is 3. The maximum atomic E-state index is 15.5. The number of anilines is 1. The van der Waals surface area contributed by atoms with Gasteiger partial charge in [0.05, 0.1) is 28.7 Å². The molecular formula is C18H17ClF2N4O3S. The highest BCUT2D eigenvalue weighted by Crippen LogP contribution is 2.30. The number of aromatic carboxylic acids is 1. The zero-order valence-electron chi connectivity index (χ0n) is 15.0. The molecule has 0 spiro atoms. The molecule has 1 aliphatic heterocycles. The topological polar surface area (TPSA) is 87.5 Å². The van der Waals surface area contributed by atoms with Crippen LogP contribution in [0.15, 0.2) is 27.9 Å². The Morgan fingerprint density at radius 1 is 1.31 bits per heavy atom. The van der Waals surface area contributed by atoms with Crippen molar-refractivity contribution in [3.8, 4) is 0 Å². The summed E-state index contributed by atoms with van der Waals surface area (Å²) < 4.78 is 31.6. The lowest BCUT2D eigenvalue weighted by molar-refractivity contribution is 0.0695. The van der Waals surface area contributed by atoms with Gasteiger partial charge in [0.2, 0.25) is 5.43 Å². The van der Waals surface area contributed by atoms with E-state index in [-0.39, 0.29) is 35.5 Å². The Morgan fingerprint density at radius 2 is 2.03 bits per heavy atom. The fraction of sp³-hybridized carbons (Fsp3) is 0.278. The van der Waals surface area contributed by atoms with Gasteiger partial charge >= 0.3 is 5.97 Å². The summed E-state index contributed by atoms with van der Waals surface area (Å²) in [5.74, 6) is -3.21. The first-order valence-corrected chi connectivity index (χ1v) is 9.53. The number of hydrogen-bond donors (Lipinski definition) is 2. The van der Waals surface area contributed by atoms with E-state index in [1.54, 1.807) is 15.8 Å². The molecule has 0 bridgehead atoms. The standard InChI is InChI=1S/C18H16F2N4O3S.ClH/c19-13-5-11-15(14(20)16(13)23-3-1-21-2-4-23)24(6-10-8-28-9-22-10)7-12(17(11)25)18(26)27;/h5,7-9,21H,1-4,6H2,(H,26,27);1H. The first-order chi connectivity index (χ1) is 13.5. The second kappa shape index (κ2) is 8.44. The number of hydrogen-bond acceptors (Lipinski definition) is 6. The number of piperazine rings is 1. The van der Waals surface area contributed by atoms with E-state index in [2.05, 4.69) is 10.3 Å². The number of benzene rings is 1. The average Bonchev–Trinajstić information content (AvgIpc) is 3.17. The summed E-state index contributed by atoms with van der Waals surface area (Å²) in [6.45, 7) is 2.07. The summed E-state index contributed by atoms with van der Waals surface area (Å²) in [7, 11) is 0. The van der Waals surface area contributed by atoms with Crippen molar-refractivity contribution >= 4 is 46.3 Å². The third-order valence-corrected chi connectivity index (χ3v) is 5.34. The minimum Gasteiger partial charge on any atom is -0.477 e. The van der Waals surface area contributed by atoms with Crippen LogP contribution in [-0.4, -0.2) is 46.8 Å². The van der Waals surface area contributed by atoms with Gasteiger partial charge < -0.3 is 19.9 Å². The molecule has 4 rings (SSSR count). The SMILES string of the molecule is Cl.O=C(O)c1cn(Cc2cscn2)c2c(F)c(N3CCNCC3)c(F)cc2c1=O. The van der Waals surface area contributed by atoms with Gasteiger partial charge in [0.15, 0.2) is 5.82 Å². The van der Waals surface area contributed by atoms with Crippen molar-refractivity contribution in [1.82, 2.24) is 14.9 Å². The van der Waals surface area contributed by atoms with Crippen molar-refractivity contribution in [2.75, 3.05) is 31.1 Å². The van der Waals surface area contributed by atoms with Crippen LogP contribution in [0.1, 0.15) is 16.1 Å². The summed E-state index contributed by atoms with van der Waals surface area (Å²) in [4.78, 5) is 29.7. The van der Waals surface area contributed by atoms with E-state index in [0.29, 0.717) is 31.9 Å². The highest BCUT2D eigenvalue weighted by atomic mass is 35.5. The fourth-order valence-corrected chi connectivity index (χ4v) is 3.97. The molecule has 3 aromatic rings. The van der Waals surface area contributed by atoms with E-state index < -0.39 is 28.6 Å². The van der Waals surface area contributed by atoms with Crippen LogP contribution in [-0.2, 0) is 6.54 Å². The summed E-state index contributed by atoms with van der Waals surface area (Å²) in [5.41, 5.74) is 0.388. The average molecular weight is 443 g/mol. The number of carboxylic acid groups (broad SMARTS) is 1. The maximum Gasteiger partial charge on any atom is 0.341 e. The van der Waals surface area contributed by atoms with Crippen LogP contribution < -0.4 is 15.6 Å². The van der Waals surface area contributed by atoms with Crippen LogP contribution in [0.25, 0.3) is 10.9 Å². The predicted octanol–water partition coefficient (Wildman–Crippen LogP) is 2.31. The van der Waals surface area contributed by atoms with Gasteiger partial charge in [-0.3, -0.25) is 4.79 Å². The van der Waals surface area contributed by atoms with E-state index in [1.165, 1.54) is 15.9 Å². The van der Waals surface area contributed by atoms with Crippen LogP contribution in [0, 0.1) is 11.6 Å². The zero-order valence-corrected chi connectivity index (χ0v) is 16.7. The van der Waals surface area contributed by atoms with Crippen molar-refractivity contribution in [3.63, 3.8) is 0 Å². The number of nitrogens with one attached hydrogen (secondary N) is 1. The van der Waals surface area contributed by atoms with E-state index in [9.17, 15) is 19.1 Å². The van der Waals surface area contributed by atoms with Crippen LogP contribution >= 0.6 is 23.7 Å². The molecule has 1 fully saturated rings. The lowest BCUT2D eigenvalue weighted by atomic mass is 10.1. The van der Waals surface area contributed by atoms with Gasteiger partial charge in [0, 0.05) is 37.8 Å². The predicted molar refractivity (Wildman–Crippen MR) is 109 cm³/mol. The Bertz CT molecular complexity index is 1110. The quantitative estimate of drug-likeness (QED) is 0.644. The normalized spacial score (nSPS) is 14.1. The molecule has 2 N–H and O–H groups in total. The van der Waals surface area contributed by atoms with Crippen molar-refractivity contribution < 1.29 is 18.7 Å². The van der Waals surface area contributed by atoms with E-state index >= 15 is 4.39 Å². The second-order valence-corrected chi connectivity index (χ2v) is 7.16. The van der Waals surface area contributed by atoms with E-state index in [1.807, 2.05) is 0 Å². The molecule has 7 nitrogen and oxygen atoms in total. The number of rotatable bonds is 4. The third kappa shape index (κ3) is 3.83. The van der Waals surface area contributed by atoms with Gasteiger partial charge in [-0.25, -0.2) is 18.6 Å². The van der Waals surface area contributed by atoms with E-state index in [0.717, 1.165) is 12.3 Å². The second-order valence-electron chi connectivity index (χ2n) is 6.44. The van der Waals surface area contributed by atoms with Gasteiger partial charge in [0.1, 0.15) is 17.1 Å². The zero-order chi connectivity index (χ0) is 19.8. The van der Waals surface area contributed by atoms with Crippen LogP contribution in [0.3, 0.4) is 0 Å². The van der Waals surface area contributed by atoms with E-state index in [4.69, 9.17) is 0 Å². The molecule has 1 aromatic carbocycles. The monoisotopic (exact) mass is 442 g/mol. The fourth-order valence-electron chi connectivity index (χ4n) is 3.42. The molecule has 0 amide bonds. The summed E-state index contributed by atoms with van der Waals surface area (Å²) in [6.07, 6.45) is 1.09. The van der Waals surface area contributed by atoms with Gasteiger partial charge in [-0.2, -0.15) is 0 Å². The minimum absolute atomic E-state index is 0. The van der Waals surface area contributed by atoms with Gasteiger partial charge in [0.25, 0.3) is 0 Å². The smallest absolute Gasteiger partial charge is 0.341 e. The minimum atomic E-state index is -1.45. The molecule has 0 atom stereocenters. The number of halogens is 3. The van der Waals surface area contributed by atoms with Crippen molar-refractivity contribution in [3.05, 3.63) is 56.3 Å². The Hall–Kier alpha value is -2.56. The van der Waals surface area contributed by atoms with Crippen molar-refractivity contribution in [1.29, 1.82) is 0 Å². The molecule has 0 radical (unpaired) electrons. The maximum absolute atomic E-state index is 15.5. The molecule has 0 unspecified atom stereocenters. The number of fused-ring (bicyclic) bond motifs is 1. The Balaban J connectivity index is 0.00000240. The molecule has 1 aliphatic rings. The van der Waals surface area contributed by atoms with Crippen LogP contribution in [0.2, 0.25) is 0 Å². The molecule has 29 heavy (non-hydrogen) atoms. The molecule has 11 heteroatoms. The van der Waals surface area contributed by atoms with Crippen LogP contribution in [0.4, 0.5) is 14.5 Å². The van der Waals surface area contributed by atoms with Crippen LogP contribution in [0.5, 0.6) is 0 Å². The number of pyridine rings is 1. The first-order valence-electron chi connectivity index (χ1n) is 8.58. The largest absolute Gasteiger partial charge is 0.477 e. The lowest BCUT2D eigenvalue weighted by Crippen LogP contribution is -2.44. The highest BCUT2D eigenvalue weighted by Gasteiger charge is 2.26. The highest BCUT2D eigenvalue weighted by molar-refractivity contribution is 7.07. The van der Waals surface area contributed by atoms with Crippen molar-refractivity contribution in [2.45, 2.75) is 6.54 Å². The van der Waals surface area contributed by atoms with Gasteiger partial charge in [-0.15, -0.1) is 23.7 Å². The number of aromatic nitrogens is 2. The molecule has 2 aromatic heterocycles. The summed E-state index contributed by atoms with van der Waals surface area (Å²) in [5, 5.41) is 13.9. The molecule has 0 aliphatic carbocycles. The third-order valence-electron chi connectivity index (χ3n) is 4.71. The summed E-state index contributed by atoms with van der Waals surface area (Å²) in [6, 6.07) is 0.933. The molecule has 1 saturated heterocycles. The molecule has 0 saturated carbocycles.